The Morgan fingerprint density at radius 2 is 1.58 bits per heavy atom. The third-order valence-corrected chi connectivity index (χ3v) is 3.88. The molecule has 1 saturated carbocycles. The van der Waals surface area contributed by atoms with Crippen LogP contribution in [0.25, 0.3) is 0 Å². The molecular weight excluding hydrogens is 220 g/mol. The lowest BCUT2D eigenvalue weighted by Gasteiger charge is -2.31. The first-order chi connectivity index (χ1) is 5.52. The zero-order valence-electron chi connectivity index (χ0n) is 6.34. The van der Waals surface area contributed by atoms with Crippen LogP contribution in [0.4, 0.5) is 0 Å². The molecule has 0 aliphatic heterocycles. The predicted molar refractivity (Wildman–Crippen MR) is 50.8 cm³/mol. The fraction of sp³-hybridized carbons (Fsp3) is 0.857. The molecular formula is C7H10Cl3NO. The van der Waals surface area contributed by atoms with Crippen LogP contribution < -0.4 is 5.73 Å². The van der Waals surface area contributed by atoms with E-state index in [4.69, 9.17) is 40.5 Å². The summed E-state index contributed by atoms with van der Waals surface area (Å²) in [6, 6.07) is 0. The zero-order chi connectivity index (χ0) is 9.30. The van der Waals surface area contributed by atoms with E-state index in [-0.39, 0.29) is 28.0 Å². The van der Waals surface area contributed by atoms with E-state index in [9.17, 15) is 4.79 Å². The molecule has 1 fully saturated rings. The average molecular weight is 231 g/mol. The third kappa shape index (κ3) is 2.18. The summed E-state index contributed by atoms with van der Waals surface area (Å²) in [5.74, 6) is -0.556. The first kappa shape index (κ1) is 10.4. The van der Waals surface area contributed by atoms with Gasteiger partial charge in [-0.05, 0) is 12.8 Å². The lowest BCUT2D eigenvalue weighted by Crippen LogP contribution is -2.40. The summed E-state index contributed by atoms with van der Waals surface area (Å²) in [7, 11) is 0. The molecule has 1 aliphatic rings. The molecule has 2 atom stereocenters. The van der Waals surface area contributed by atoms with E-state index >= 15 is 0 Å². The third-order valence-electron chi connectivity index (χ3n) is 2.11. The van der Waals surface area contributed by atoms with Crippen LogP contribution in [0.2, 0.25) is 0 Å². The van der Waals surface area contributed by atoms with Crippen LogP contribution in [0.15, 0.2) is 0 Å². The Labute approximate surface area is 86.3 Å². The number of nitrogens with two attached hydrogens (primary N) is 1. The molecule has 0 spiro atoms. The maximum atomic E-state index is 10.8. The molecule has 2 N–H and O–H groups in total. The lowest BCUT2D eigenvalue weighted by molar-refractivity contribution is -0.122. The molecule has 5 heteroatoms. The summed E-state index contributed by atoms with van der Waals surface area (Å²) >= 11 is 17.6. The summed E-state index contributed by atoms with van der Waals surface area (Å²) in [6.07, 6.45) is 1.07. The van der Waals surface area contributed by atoms with Gasteiger partial charge in [0.15, 0.2) is 0 Å². The topological polar surface area (TPSA) is 43.1 Å². The van der Waals surface area contributed by atoms with E-state index in [0.717, 1.165) is 0 Å². The molecule has 1 rings (SSSR count). The Hall–Kier alpha value is 0.340. The van der Waals surface area contributed by atoms with E-state index in [0.29, 0.717) is 12.8 Å². The summed E-state index contributed by atoms with van der Waals surface area (Å²) in [5.41, 5.74) is 5.14. The SMILES string of the molecule is NC(=O)C1CC(Cl)C(Cl)C(Cl)C1. The zero-order valence-corrected chi connectivity index (χ0v) is 8.61. The van der Waals surface area contributed by atoms with Crippen molar-refractivity contribution in [3.05, 3.63) is 0 Å². The van der Waals surface area contributed by atoms with Crippen LogP contribution in [0.5, 0.6) is 0 Å². The van der Waals surface area contributed by atoms with Gasteiger partial charge >= 0.3 is 0 Å². The van der Waals surface area contributed by atoms with Crippen LogP contribution in [-0.2, 0) is 4.79 Å². The molecule has 0 aromatic rings. The number of carbonyl (C=O) groups is 1. The highest BCUT2D eigenvalue weighted by molar-refractivity contribution is 6.35. The minimum absolute atomic E-state index is 0.218. The van der Waals surface area contributed by atoms with Crippen molar-refractivity contribution in [3.63, 3.8) is 0 Å². The minimum Gasteiger partial charge on any atom is -0.369 e. The Balaban J connectivity index is 2.59. The van der Waals surface area contributed by atoms with Gasteiger partial charge in [0.2, 0.25) is 5.91 Å². The Morgan fingerprint density at radius 1 is 1.17 bits per heavy atom. The summed E-state index contributed by atoms with van der Waals surface area (Å²) in [6.45, 7) is 0. The van der Waals surface area contributed by atoms with Gasteiger partial charge in [-0.25, -0.2) is 0 Å². The van der Waals surface area contributed by atoms with Crippen molar-refractivity contribution in [2.24, 2.45) is 11.7 Å². The number of halogens is 3. The van der Waals surface area contributed by atoms with Crippen molar-refractivity contribution in [2.45, 2.75) is 29.0 Å². The highest BCUT2D eigenvalue weighted by atomic mass is 35.5. The standard InChI is InChI=1S/C7H10Cl3NO/c8-4-1-3(7(11)12)2-5(9)6(4)10/h3-6H,1-2H2,(H2,11,12). The van der Waals surface area contributed by atoms with Gasteiger partial charge in [-0.3, -0.25) is 4.79 Å². The molecule has 0 heterocycles. The normalized spacial score (nSPS) is 42.6. The van der Waals surface area contributed by atoms with Crippen molar-refractivity contribution in [1.29, 1.82) is 0 Å². The van der Waals surface area contributed by atoms with Crippen LogP contribution >= 0.6 is 34.8 Å². The largest absolute Gasteiger partial charge is 0.369 e. The van der Waals surface area contributed by atoms with Crippen LogP contribution in [0, 0.1) is 5.92 Å². The molecule has 0 radical (unpaired) electrons. The minimum atomic E-state index is -0.338. The molecule has 0 saturated heterocycles. The lowest BCUT2D eigenvalue weighted by atomic mass is 9.88. The molecule has 0 bridgehead atoms. The van der Waals surface area contributed by atoms with E-state index in [1.54, 1.807) is 0 Å². The van der Waals surface area contributed by atoms with Crippen molar-refractivity contribution in [3.8, 4) is 0 Å². The predicted octanol–water partition coefficient (Wildman–Crippen LogP) is 1.70. The monoisotopic (exact) mass is 229 g/mol. The molecule has 2 unspecified atom stereocenters. The van der Waals surface area contributed by atoms with Gasteiger partial charge in [-0.15, -0.1) is 34.8 Å². The molecule has 1 amide bonds. The van der Waals surface area contributed by atoms with Crippen molar-refractivity contribution in [1.82, 2.24) is 0 Å². The van der Waals surface area contributed by atoms with E-state index in [1.165, 1.54) is 0 Å². The first-order valence-corrected chi connectivity index (χ1v) is 5.05. The van der Waals surface area contributed by atoms with E-state index in [1.807, 2.05) is 0 Å². The Morgan fingerprint density at radius 3 is 1.92 bits per heavy atom. The second-order valence-corrected chi connectivity index (χ2v) is 4.67. The second-order valence-electron chi connectivity index (χ2n) is 3.05. The van der Waals surface area contributed by atoms with Crippen LogP contribution in [0.3, 0.4) is 0 Å². The van der Waals surface area contributed by atoms with Gasteiger partial charge in [-0.1, -0.05) is 0 Å². The highest BCUT2D eigenvalue weighted by Crippen LogP contribution is 2.34. The number of rotatable bonds is 1. The number of carbonyl (C=O) groups excluding carboxylic acids is 1. The van der Waals surface area contributed by atoms with Gasteiger partial charge in [0.25, 0.3) is 0 Å². The second kappa shape index (κ2) is 4.03. The Bertz CT molecular complexity index is 175. The van der Waals surface area contributed by atoms with Gasteiger partial charge in [-0.2, -0.15) is 0 Å². The van der Waals surface area contributed by atoms with Crippen molar-refractivity contribution < 1.29 is 4.79 Å². The number of hydrogen-bond acceptors (Lipinski definition) is 1. The molecule has 0 aromatic carbocycles. The summed E-state index contributed by atoms with van der Waals surface area (Å²) < 4.78 is 0. The Kier molecular flexibility index (Phi) is 3.50. The number of alkyl halides is 3. The summed E-state index contributed by atoms with van der Waals surface area (Å²) in [5, 5.41) is -0.759. The van der Waals surface area contributed by atoms with E-state index in [2.05, 4.69) is 0 Å². The maximum Gasteiger partial charge on any atom is 0.220 e. The molecule has 1 aliphatic carbocycles. The van der Waals surface area contributed by atoms with Gasteiger partial charge < -0.3 is 5.73 Å². The summed E-state index contributed by atoms with van der Waals surface area (Å²) in [4.78, 5) is 10.8. The van der Waals surface area contributed by atoms with Crippen molar-refractivity contribution in [2.75, 3.05) is 0 Å². The van der Waals surface area contributed by atoms with Crippen LogP contribution in [-0.4, -0.2) is 22.0 Å². The van der Waals surface area contributed by atoms with Crippen molar-refractivity contribution >= 4 is 40.7 Å². The molecule has 70 valence electrons. The van der Waals surface area contributed by atoms with Gasteiger partial charge in [0.1, 0.15) is 0 Å². The fourth-order valence-corrected chi connectivity index (χ4v) is 2.42. The average Bonchev–Trinajstić information content (AvgIpc) is 1.99. The number of hydrogen-bond donors (Lipinski definition) is 1. The number of amides is 1. The maximum absolute atomic E-state index is 10.8. The van der Waals surface area contributed by atoms with Gasteiger partial charge in [0.05, 0.1) is 16.1 Å². The van der Waals surface area contributed by atoms with Gasteiger partial charge in [0, 0.05) is 5.92 Å². The number of primary amides is 1. The van der Waals surface area contributed by atoms with Crippen LogP contribution in [0.1, 0.15) is 12.8 Å². The molecule has 12 heavy (non-hydrogen) atoms. The quantitative estimate of drug-likeness (QED) is 0.685. The first-order valence-electron chi connectivity index (χ1n) is 3.74. The molecule has 0 aromatic heterocycles. The fourth-order valence-electron chi connectivity index (χ4n) is 1.36. The smallest absolute Gasteiger partial charge is 0.220 e. The van der Waals surface area contributed by atoms with E-state index < -0.39 is 0 Å². The highest BCUT2D eigenvalue weighted by Gasteiger charge is 2.36. The molecule has 2 nitrogen and oxygen atoms in total.